The zero-order valence-corrected chi connectivity index (χ0v) is 12.9. The third-order valence-corrected chi connectivity index (χ3v) is 4.14. The molecule has 1 saturated carbocycles. The Morgan fingerprint density at radius 3 is 2.45 bits per heavy atom. The Morgan fingerprint density at radius 1 is 1.20 bits per heavy atom. The van der Waals surface area contributed by atoms with Gasteiger partial charge in [-0.05, 0) is 55.3 Å². The summed E-state index contributed by atoms with van der Waals surface area (Å²) in [5.41, 5.74) is 1.37. The number of rotatable bonds is 9. The molecule has 2 atom stereocenters. The summed E-state index contributed by atoms with van der Waals surface area (Å²) in [7, 11) is 3.49. The van der Waals surface area contributed by atoms with E-state index in [1.807, 2.05) is 12.1 Å². The lowest BCUT2D eigenvalue weighted by atomic mass is 9.88. The molecule has 1 aliphatic rings. The van der Waals surface area contributed by atoms with Gasteiger partial charge >= 0.3 is 0 Å². The zero-order valence-electron chi connectivity index (χ0n) is 12.9. The molecule has 1 fully saturated rings. The number of ether oxygens (including phenoxy) is 2. The first-order valence-corrected chi connectivity index (χ1v) is 7.58. The molecule has 112 valence electrons. The van der Waals surface area contributed by atoms with Gasteiger partial charge in [0.05, 0.1) is 7.11 Å². The van der Waals surface area contributed by atoms with Crippen LogP contribution in [0.25, 0.3) is 0 Å². The third kappa shape index (κ3) is 4.80. The van der Waals surface area contributed by atoms with E-state index >= 15 is 0 Å². The van der Waals surface area contributed by atoms with Gasteiger partial charge in [-0.1, -0.05) is 19.1 Å². The van der Waals surface area contributed by atoms with Crippen molar-refractivity contribution in [3.63, 3.8) is 0 Å². The fourth-order valence-corrected chi connectivity index (χ4v) is 2.54. The molecule has 0 radical (unpaired) electrons. The van der Waals surface area contributed by atoms with Crippen LogP contribution in [-0.4, -0.2) is 33.4 Å². The first-order chi connectivity index (χ1) is 9.72. The van der Waals surface area contributed by atoms with Gasteiger partial charge in [0, 0.05) is 19.8 Å². The Kier molecular flexibility index (Phi) is 5.86. The summed E-state index contributed by atoms with van der Waals surface area (Å²) in [6, 6.07) is 9.19. The number of nitrogens with one attached hydrogen (secondary N) is 1. The van der Waals surface area contributed by atoms with Crippen molar-refractivity contribution in [2.75, 3.05) is 27.4 Å². The Labute approximate surface area is 122 Å². The average Bonchev–Trinajstić information content (AvgIpc) is 3.28. The second-order valence-corrected chi connectivity index (χ2v) is 5.93. The monoisotopic (exact) mass is 277 g/mol. The van der Waals surface area contributed by atoms with Gasteiger partial charge in [-0.2, -0.15) is 0 Å². The zero-order chi connectivity index (χ0) is 14.4. The second kappa shape index (κ2) is 7.65. The predicted octanol–water partition coefficient (Wildman–Crippen LogP) is 2.89. The maximum Gasteiger partial charge on any atom is 0.118 e. The summed E-state index contributed by atoms with van der Waals surface area (Å²) in [6.45, 7) is 4.20. The van der Waals surface area contributed by atoms with E-state index < -0.39 is 0 Å². The quantitative estimate of drug-likeness (QED) is 0.753. The molecule has 1 aromatic carbocycles. The molecule has 0 bridgehead atoms. The molecule has 0 spiro atoms. The Bertz CT molecular complexity index is 386. The number of benzene rings is 1. The highest BCUT2D eigenvalue weighted by molar-refractivity contribution is 5.27. The minimum absolute atomic E-state index is 0.563. The number of hydrogen-bond donors (Lipinski definition) is 1. The summed E-state index contributed by atoms with van der Waals surface area (Å²) in [4.78, 5) is 0. The van der Waals surface area contributed by atoms with Crippen LogP contribution in [0.1, 0.15) is 25.3 Å². The normalized spacial score (nSPS) is 17.8. The fourth-order valence-electron chi connectivity index (χ4n) is 2.54. The third-order valence-electron chi connectivity index (χ3n) is 4.14. The summed E-state index contributed by atoms with van der Waals surface area (Å²) in [5.74, 6) is 2.10. The van der Waals surface area contributed by atoms with Crippen LogP contribution in [0.5, 0.6) is 5.75 Å². The minimum Gasteiger partial charge on any atom is -0.497 e. The molecule has 1 aliphatic carbocycles. The van der Waals surface area contributed by atoms with Gasteiger partial charge in [-0.15, -0.1) is 0 Å². The summed E-state index contributed by atoms with van der Waals surface area (Å²) >= 11 is 0. The van der Waals surface area contributed by atoms with E-state index in [0.29, 0.717) is 11.8 Å². The molecular weight excluding hydrogens is 250 g/mol. The lowest BCUT2D eigenvalue weighted by molar-refractivity contribution is 0.128. The lowest BCUT2D eigenvalue weighted by Gasteiger charge is -2.24. The van der Waals surface area contributed by atoms with E-state index in [0.717, 1.165) is 31.4 Å². The van der Waals surface area contributed by atoms with Crippen molar-refractivity contribution in [3.8, 4) is 5.75 Å². The summed E-state index contributed by atoms with van der Waals surface area (Å²) in [5, 5.41) is 3.66. The van der Waals surface area contributed by atoms with Crippen LogP contribution in [0, 0.1) is 11.8 Å². The largest absolute Gasteiger partial charge is 0.497 e. The van der Waals surface area contributed by atoms with Gasteiger partial charge in [-0.25, -0.2) is 0 Å². The average molecular weight is 277 g/mol. The standard InChI is InChI=1S/C17H27NO2/c1-13(12-19-2)15(11-18-16-6-7-16)10-14-4-8-17(20-3)9-5-14/h4-5,8-9,13,15-16,18H,6-7,10-12H2,1-3H3. The van der Waals surface area contributed by atoms with E-state index in [-0.39, 0.29) is 0 Å². The molecule has 2 unspecified atom stereocenters. The van der Waals surface area contributed by atoms with Crippen molar-refractivity contribution in [1.29, 1.82) is 0 Å². The maximum absolute atomic E-state index is 5.33. The molecule has 0 heterocycles. The van der Waals surface area contributed by atoms with Crippen LogP contribution in [0.2, 0.25) is 0 Å². The minimum atomic E-state index is 0.563. The number of hydrogen-bond acceptors (Lipinski definition) is 3. The highest BCUT2D eigenvalue weighted by atomic mass is 16.5. The molecule has 1 aromatic rings. The van der Waals surface area contributed by atoms with E-state index in [9.17, 15) is 0 Å². The van der Waals surface area contributed by atoms with Crippen molar-refractivity contribution < 1.29 is 9.47 Å². The van der Waals surface area contributed by atoms with E-state index in [4.69, 9.17) is 9.47 Å². The first kappa shape index (κ1) is 15.3. The van der Waals surface area contributed by atoms with E-state index in [1.54, 1.807) is 14.2 Å². The Balaban J connectivity index is 1.92. The van der Waals surface area contributed by atoms with Crippen LogP contribution in [0.4, 0.5) is 0 Å². The molecule has 0 aliphatic heterocycles. The van der Waals surface area contributed by atoms with Crippen LogP contribution in [0.15, 0.2) is 24.3 Å². The second-order valence-electron chi connectivity index (χ2n) is 5.93. The fraction of sp³-hybridized carbons (Fsp3) is 0.647. The van der Waals surface area contributed by atoms with Crippen LogP contribution in [-0.2, 0) is 11.2 Å². The van der Waals surface area contributed by atoms with Crippen LogP contribution >= 0.6 is 0 Å². The molecule has 0 saturated heterocycles. The molecule has 3 heteroatoms. The predicted molar refractivity (Wildman–Crippen MR) is 82.3 cm³/mol. The van der Waals surface area contributed by atoms with Gasteiger partial charge in [0.2, 0.25) is 0 Å². The highest BCUT2D eigenvalue weighted by Gasteiger charge is 2.24. The van der Waals surface area contributed by atoms with Gasteiger partial charge in [-0.3, -0.25) is 0 Å². The van der Waals surface area contributed by atoms with E-state index in [1.165, 1.54) is 18.4 Å². The van der Waals surface area contributed by atoms with E-state index in [2.05, 4.69) is 24.4 Å². The van der Waals surface area contributed by atoms with Gasteiger partial charge < -0.3 is 14.8 Å². The molecule has 0 amide bonds. The highest BCUT2D eigenvalue weighted by Crippen LogP contribution is 2.23. The van der Waals surface area contributed by atoms with Crippen molar-refractivity contribution in [3.05, 3.63) is 29.8 Å². The van der Waals surface area contributed by atoms with Crippen molar-refractivity contribution in [2.45, 2.75) is 32.2 Å². The van der Waals surface area contributed by atoms with Crippen LogP contribution in [0.3, 0.4) is 0 Å². The molecule has 2 rings (SSSR count). The number of methoxy groups -OCH3 is 2. The molecule has 3 nitrogen and oxygen atoms in total. The lowest BCUT2D eigenvalue weighted by Crippen LogP contribution is -2.31. The maximum atomic E-state index is 5.33. The Morgan fingerprint density at radius 2 is 1.90 bits per heavy atom. The van der Waals surface area contributed by atoms with Gasteiger partial charge in [0.25, 0.3) is 0 Å². The SMILES string of the molecule is COCC(C)C(CNC1CC1)Cc1ccc(OC)cc1. The van der Waals surface area contributed by atoms with Crippen LogP contribution < -0.4 is 10.1 Å². The summed E-state index contributed by atoms with van der Waals surface area (Å²) in [6.07, 6.45) is 3.77. The van der Waals surface area contributed by atoms with Gasteiger partial charge in [0.1, 0.15) is 5.75 Å². The van der Waals surface area contributed by atoms with Crippen molar-refractivity contribution >= 4 is 0 Å². The molecule has 0 aromatic heterocycles. The molecular formula is C17H27NO2. The summed E-state index contributed by atoms with van der Waals surface area (Å²) < 4.78 is 10.5. The molecule has 20 heavy (non-hydrogen) atoms. The topological polar surface area (TPSA) is 30.5 Å². The van der Waals surface area contributed by atoms with Crippen molar-refractivity contribution in [2.24, 2.45) is 11.8 Å². The van der Waals surface area contributed by atoms with Crippen molar-refractivity contribution in [1.82, 2.24) is 5.32 Å². The first-order valence-electron chi connectivity index (χ1n) is 7.58. The Hall–Kier alpha value is -1.06. The smallest absolute Gasteiger partial charge is 0.118 e. The van der Waals surface area contributed by atoms with Gasteiger partial charge in [0.15, 0.2) is 0 Å². The molecule has 1 N–H and O–H groups in total.